The molecule has 0 unspecified atom stereocenters. The maximum Gasteiger partial charge on any atom is 0.269 e. The van der Waals surface area contributed by atoms with Gasteiger partial charge in [-0.15, -0.1) is 12.4 Å². The predicted molar refractivity (Wildman–Crippen MR) is 147 cm³/mol. The molecule has 0 bridgehead atoms. The van der Waals surface area contributed by atoms with Crippen LogP contribution in [0.2, 0.25) is 10.0 Å². The summed E-state index contributed by atoms with van der Waals surface area (Å²) in [6, 6.07) is 24.7. The van der Waals surface area contributed by atoms with Crippen molar-refractivity contribution in [3.8, 4) is 0 Å². The van der Waals surface area contributed by atoms with Crippen molar-refractivity contribution in [3.63, 3.8) is 0 Å². The summed E-state index contributed by atoms with van der Waals surface area (Å²) in [6.45, 7) is 0. The second-order valence-corrected chi connectivity index (χ2v) is 9.99. The minimum Gasteiger partial charge on any atom is -0.368 e. The summed E-state index contributed by atoms with van der Waals surface area (Å²) < 4.78 is 0. The first-order valence-electron chi connectivity index (χ1n) is 11.6. The van der Waals surface area contributed by atoms with Crippen LogP contribution in [0.3, 0.4) is 0 Å². The summed E-state index contributed by atoms with van der Waals surface area (Å²) in [6.07, 6.45) is 3.51. The van der Waals surface area contributed by atoms with Gasteiger partial charge in [-0.2, -0.15) is 4.99 Å². The number of amides is 1. The predicted octanol–water partition coefficient (Wildman–Crippen LogP) is 5.96. The van der Waals surface area contributed by atoms with Crippen molar-refractivity contribution in [3.05, 3.63) is 100 Å². The largest absolute Gasteiger partial charge is 0.368 e. The lowest BCUT2D eigenvalue weighted by Gasteiger charge is -2.47. The Labute approximate surface area is 225 Å². The monoisotopic (exact) mass is 539 g/mol. The van der Waals surface area contributed by atoms with Gasteiger partial charge in [-0.05, 0) is 55.0 Å². The van der Waals surface area contributed by atoms with E-state index < -0.39 is 11.2 Å². The number of carbonyl (C=O) groups excluding carboxylic acids is 1. The maximum atomic E-state index is 14.9. The number of hydrogen-bond acceptors (Lipinski definition) is 5. The number of fused-ring (bicyclic) bond motifs is 2. The Morgan fingerprint density at radius 1 is 0.833 bits per heavy atom. The van der Waals surface area contributed by atoms with Crippen LogP contribution in [0.4, 0.5) is 5.69 Å². The standard InChI is InChI=1S/C27H23Cl2N5O.ClH/c28-20-15-21(29)17-22(16-20)33-23(35)27(18-9-3-1-4-10-18,19-11-5-2-6-12-19)34-25(33)31-24(30)32-26(34)13-7-8-14-26;/h1-6,9-12,15-17H,7-8,13-14H2,(H2,30,32);1H. The Balaban J connectivity index is 0.00000267. The number of hydrogen-bond donors (Lipinski definition) is 1. The molecule has 0 radical (unpaired) electrons. The topological polar surface area (TPSA) is 74.3 Å². The fourth-order valence-corrected chi connectivity index (χ4v) is 6.31. The Kier molecular flexibility index (Phi) is 6.23. The third-order valence-electron chi connectivity index (χ3n) is 7.09. The van der Waals surface area contributed by atoms with E-state index in [2.05, 4.69) is 9.89 Å². The van der Waals surface area contributed by atoms with Gasteiger partial charge in [0, 0.05) is 10.0 Å². The minimum atomic E-state index is -1.20. The van der Waals surface area contributed by atoms with Crippen molar-refractivity contribution in [1.82, 2.24) is 4.90 Å². The molecule has 0 atom stereocenters. The number of nitrogens with zero attached hydrogens (tertiary/aromatic N) is 4. The third-order valence-corrected chi connectivity index (χ3v) is 7.53. The molecule has 1 spiro atoms. The zero-order valence-corrected chi connectivity index (χ0v) is 21.6. The lowest BCUT2D eigenvalue weighted by atomic mass is 9.79. The summed E-state index contributed by atoms with van der Waals surface area (Å²) in [7, 11) is 0. The van der Waals surface area contributed by atoms with E-state index in [1.165, 1.54) is 0 Å². The van der Waals surface area contributed by atoms with Gasteiger partial charge in [0.05, 0.1) is 5.69 Å². The van der Waals surface area contributed by atoms with Gasteiger partial charge in [0.1, 0.15) is 5.66 Å². The van der Waals surface area contributed by atoms with E-state index in [1.54, 1.807) is 23.1 Å². The maximum absolute atomic E-state index is 14.9. The zero-order valence-electron chi connectivity index (χ0n) is 19.3. The first kappa shape index (κ1) is 24.6. The smallest absolute Gasteiger partial charge is 0.269 e. The van der Waals surface area contributed by atoms with Crippen LogP contribution in [-0.2, 0) is 10.3 Å². The highest BCUT2D eigenvalue weighted by atomic mass is 35.5. The molecule has 3 aliphatic rings. The molecule has 1 saturated carbocycles. The number of guanidine groups is 2. The van der Waals surface area contributed by atoms with Gasteiger partial charge in [-0.25, -0.2) is 9.89 Å². The quantitative estimate of drug-likeness (QED) is 0.445. The molecular formula is C27H24Cl3N5O. The number of nitrogens with two attached hydrogens (primary N) is 1. The highest BCUT2D eigenvalue weighted by Gasteiger charge is 2.66. The first-order valence-corrected chi connectivity index (χ1v) is 12.4. The number of anilines is 1. The summed E-state index contributed by atoms with van der Waals surface area (Å²) in [5.74, 6) is 0.430. The van der Waals surface area contributed by atoms with Crippen molar-refractivity contribution in [1.29, 1.82) is 0 Å². The Morgan fingerprint density at radius 3 is 1.89 bits per heavy atom. The average Bonchev–Trinajstić information content (AvgIpc) is 3.40. The molecule has 6 rings (SSSR count). The second-order valence-electron chi connectivity index (χ2n) is 9.12. The fourth-order valence-electron chi connectivity index (χ4n) is 5.80. The molecule has 1 saturated heterocycles. The van der Waals surface area contributed by atoms with Crippen molar-refractivity contribution < 1.29 is 4.79 Å². The van der Waals surface area contributed by atoms with E-state index in [9.17, 15) is 4.79 Å². The molecule has 0 aromatic heterocycles. The van der Waals surface area contributed by atoms with Gasteiger partial charge >= 0.3 is 0 Å². The van der Waals surface area contributed by atoms with Crippen LogP contribution < -0.4 is 10.6 Å². The van der Waals surface area contributed by atoms with Crippen LogP contribution >= 0.6 is 35.6 Å². The van der Waals surface area contributed by atoms with E-state index in [0.717, 1.165) is 36.8 Å². The van der Waals surface area contributed by atoms with E-state index in [1.807, 2.05) is 60.7 Å². The van der Waals surface area contributed by atoms with Crippen LogP contribution in [0.1, 0.15) is 36.8 Å². The minimum absolute atomic E-state index is 0. The van der Waals surface area contributed by atoms with E-state index in [4.69, 9.17) is 33.9 Å². The Hall–Kier alpha value is -3.06. The lowest BCUT2D eigenvalue weighted by Crippen LogP contribution is -2.60. The normalized spacial score (nSPS) is 19.6. The van der Waals surface area contributed by atoms with Crippen molar-refractivity contribution in [2.45, 2.75) is 36.9 Å². The number of rotatable bonds is 3. The number of aliphatic imine (C=N–C) groups is 2. The summed E-state index contributed by atoms with van der Waals surface area (Å²) in [5, 5.41) is 0.856. The van der Waals surface area contributed by atoms with E-state index in [0.29, 0.717) is 21.7 Å². The average molecular weight is 541 g/mol. The molecule has 1 amide bonds. The number of halogens is 3. The first-order chi connectivity index (χ1) is 17.0. The molecule has 3 aromatic rings. The third kappa shape index (κ3) is 3.51. The van der Waals surface area contributed by atoms with Gasteiger partial charge in [0.25, 0.3) is 5.91 Å². The molecule has 3 aromatic carbocycles. The Morgan fingerprint density at radius 2 is 1.36 bits per heavy atom. The van der Waals surface area contributed by atoms with Gasteiger partial charge in [0.15, 0.2) is 5.54 Å². The highest BCUT2D eigenvalue weighted by molar-refractivity contribution is 6.36. The van der Waals surface area contributed by atoms with Crippen molar-refractivity contribution in [2.24, 2.45) is 15.7 Å². The summed E-state index contributed by atoms with van der Waals surface area (Å²) in [5.41, 5.74) is 6.61. The highest BCUT2D eigenvalue weighted by Crippen LogP contribution is 2.53. The number of carbonyl (C=O) groups is 1. The van der Waals surface area contributed by atoms with E-state index in [-0.39, 0.29) is 24.3 Å². The van der Waals surface area contributed by atoms with Crippen molar-refractivity contribution in [2.75, 3.05) is 4.90 Å². The molecule has 2 heterocycles. The van der Waals surface area contributed by atoms with Crippen molar-refractivity contribution >= 4 is 59.1 Å². The van der Waals surface area contributed by atoms with Crippen LogP contribution in [0, 0.1) is 0 Å². The van der Waals surface area contributed by atoms with Crippen LogP contribution in [-0.4, -0.2) is 28.4 Å². The second kappa shape index (κ2) is 9.11. The molecule has 2 aliphatic heterocycles. The molecule has 184 valence electrons. The van der Waals surface area contributed by atoms with Crippen LogP contribution in [0.5, 0.6) is 0 Å². The molecule has 6 nitrogen and oxygen atoms in total. The molecule has 9 heteroatoms. The molecule has 2 fully saturated rings. The van der Waals surface area contributed by atoms with Crippen LogP contribution in [0.15, 0.2) is 88.8 Å². The Bertz CT molecular complexity index is 1310. The van der Waals surface area contributed by atoms with Gasteiger partial charge in [0.2, 0.25) is 11.9 Å². The van der Waals surface area contributed by atoms with E-state index >= 15 is 0 Å². The summed E-state index contributed by atoms with van der Waals surface area (Å²) in [4.78, 5) is 28.2. The SMILES string of the molecule is Cl.NC1=NC2(CCCC2)N2C(=N1)N(c1cc(Cl)cc(Cl)c1)C(=O)C2(c1ccccc1)c1ccccc1. The molecule has 2 N–H and O–H groups in total. The van der Waals surface area contributed by atoms with Gasteiger partial charge < -0.3 is 5.73 Å². The van der Waals surface area contributed by atoms with Gasteiger partial charge in [-0.1, -0.05) is 83.9 Å². The number of benzene rings is 3. The zero-order chi connectivity index (χ0) is 24.2. The fraction of sp³-hybridized carbons (Fsp3) is 0.222. The van der Waals surface area contributed by atoms with Gasteiger partial charge in [-0.3, -0.25) is 9.69 Å². The van der Waals surface area contributed by atoms with Crippen LogP contribution in [0.25, 0.3) is 0 Å². The molecule has 36 heavy (non-hydrogen) atoms. The lowest BCUT2D eigenvalue weighted by molar-refractivity contribution is -0.125. The molecular weight excluding hydrogens is 517 g/mol. The molecule has 1 aliphatic carbocycles. The summed E-state index contributed by atoms with van der Waals surface area (Å²) >= 11 is 12.8.